The summed E-state index contributed by atoms with van der Waals surface area (Å²) in [5.74, 6) is -0.0515. The molecule has 1 aliphatic heterocycles. The van der Waals surface area contributed by atoms with Gasteiger partial charge in [-0.05, 0) is 38.1 Å². The zero-order chi connectivity index (χ0) is 14.4. The third kappa shape index (κ3) is 4.31. The molecule has 0 unspecified atom stereocenters. The molecule has 1 saturated heterocycles. The highest BCUT2D eigenvalue weighted by molar-refractivity contribution is 5.90. The van der Waals surface area contributed by atoms with E-state index < -0.39 is 4.92 Å². The molecule has 2 rings (SSSR count). The number of benzene rings is 1. The number of non-ortho nitro benzene ring substituents is 1. The number of nitro groups is 1. The second-order valence-corrected chi connectivity index (χ2v) is 5.00. The SMILES string of the molecule is O=C(CCN1CCCCC1)Nc1ccc([N+](=O)[O-])cc1. The maximum absolute atomic E-state index is 11.8. The van der Waals surface area contributed by atoms with E-state index in [0.717, 1.165) is 19.6 Å². The molecule has 1 aliphatic rings. The van der Waals surface area contributed by atoms with Crippen molar-refractivity contribution in [3.63, 3.8) is 0 Å². The summed E-state index contributed by atoms with van der Waals surface area (Å²) in [5, 5.41) is 13.3. The number of anilines is 1. The maximum Gasteiger partial charge on any atom is 0.269 e. The number of nitro benzene ring substituents is 1. The second-order valence-electron chi connectivity index (χ2n) is 5.00. The lowest BCUT2D eigenvalue weighted by Crippen LogP contribution is -2.32. The fourth-order valence-electron chi connectivity index (χ4n) is 2.33. The molecule has 1 aromatic carbocycles. The van der Waals surface area contributed by atoms with Gasteiger partial charge in [-0.3, -0.25) is 14.9 Å². The van der Waals surface area contributed by atoms with Crippen LogP contribution in [-0.4, -0.2) is 35.4 Å². The van der Waals surface area contributed by atoms with Crippen LogP contribution in [0.4, 0.5) is 11.4 Å². The van der Waals surface area contributed by atoms with Crippen LogP contribution in [0, 0.1) is 10.1 Å². The highest BCUT2D eigenvalue weighted by Gasteiger charge is 2.12. The number of amides is 1. The Bertz CT molecular complexity index is 467. The molecule has 0 aromatic heterocycles. The molecular formula is C14H19N3O3. The largest absolute Gasteiger partial charge is 0.326 e. The van der Waals surface area contributed by atoms with E-state index in [4.69, 9.17) is 0 Å². The van der Waals surface area contributed by atoms with E-state index in [-0.39, 0.29) is 11.6 Å². The molecule has 1 aromatic rings. The van der Waals surface area contributed by atoms with Crippen molar-refractivity contribution in [1.29, 1.82) is 0 Å². The predicted octanol–water partition coefficient (Wildman–Crippen LogP) is 2.41. The third-order valence-electron chi connectivity index (χ3n) is 3.47. The van der Waals surface area contributed by atoms with Gasteiger partial charge in [-0.25, -0.2) is 0 Å². The minimum absolute atomic E-state index is 0.0244. The first-order chi connectivity index (χ1) is 9.65. The van der Waals surface area contributed by atoms with E-state index in [0.29, 0.717) is 12.1 Å². The molecule has 20 heavy (non-hydrogen) atoms. The van der Waals surface area contributed by atoms with Crippen LogP contribution in [0.2, 0.25) is 0 Å². The van der Waals surface area contributed by atoms with Crippen LogP contribution >= 0.6 is 0 Å². The Morgan fingerprint density at radius 2 is 1.85 bits per heavy atom. The summed E-state index contributed by atoms with van der Waals surface area (Å²) in [7, 11) is 0. The van der Waals surface area contributed by atoms with E-state index in [1.807, 2.05) is 0 Å². The summed E-state index contributed by atoms with van der Waals surface area (Å²) in [6.45, 7) is 2.93. The van der Waals surface area contributed by atoms with Crippen LogP contribution in [0.5, 0.6) is 0 Å². The molecule has 6 nitrogen and oxygen atoms in total. The quantitative estimate of drug-likeness (QED) is 0.662. The fraction of sp³-hybridized carbons (Fsp3) is 0.500. The topological polar surface area (TPSA) is 75.5 Å². The minimum atomic E-state index is -0.456. The van der Waals surface area contributed by atoms with Gasteiger partial charge < -0.3 is 10.2 Å². The minimum Gasteiger partial charge on any atom is -0.326 e. The first-order valence-electron chi connectivity index (χ1n) is 6.92. The standard InChI is InChI=1S/C14H19N3O3/c18-14(8-11-16-9-2-1-3-10-16)15-12-4-6-13(7-5-12)17(19)20/h4-7H,1-3,8-11H2,(H,15,18). The molecule has 0 spiro atoms. The number of hydrogen-bond acceptors (Lipinski definition) is 4. The Kier molecular flexibility index (Phi) is 5.06. The van der Waals surface area contributed by atoms with Crippen LogP contribution in [0.25, 0.3) is 0 Å². The van der Waals surface area contributed by atoms with E-state index in [1.165, 1.54) is 31.4 Å². The van der Waals surface area contributed by atoms with Gasteiger partial charge in [-0.2, -0.15) is 0 Å². The second kappa shape index (κ2) is 7.00. The Morgan fingerprint density at radius 1 is 1.20 bits per heavy atom. The Labute approximate surface area is 117 Å². The van der Waals surface area contributed by atoms with Gasteiger partial charge in [-0.1, -0.05) is 6.42 Å². The number of carbonyl (C=O) groups is 1. The first kappa shape index (κ1) is 14.5. The lowest BCUT2D eigenvalue weighted by molar-refractivity contribution is -0.384. The molecule has 0 aliphatic carbocycles. The van der Waals surface area contributed by atoms with Gasteiger partial charge in [0.15, 0.2) is 0 Å². The summed E-state index contributed by atoms with van der Waals surface area (Å²) >= 11 is 0. The number of piperidine rings is 1. The number of carbonyl (C=O) groups excluding carboxylic acids is 1. The van der Waals surface area contributed by atoms with Gasteiger partial charge in [0.05, 0.1) is 4.92 Å². The third-order valence-corrected chi connectivity index (χ3v) is 3.47. The molecule has 0 saturated carbocycles. The van der Waals surface area contributed by atoms with Crippen molar-refractivity contribution < 1.29 is 9.72 Å². The molecule has 1 N–H and O–H groups in total. The van der Waals surface area contributed by atoms with Crippen molar-refractivity contribution in [1.82, 2.24) is 4.90 Å². The van der Waals surface area contributed by atoms with Gasteiger partial charge in [-0.15, -0.1) is 0 Å². The Hall–Kier alpha value is -1.95. The smallest absolute Gasteiger partial charge is 0.269 e. The first-order valence-corrected chi connectivity index (χ1v) is 6.92. The van der Waals surface area contributed by atoms with Crippen molar-refractivity contribution >= 4 is 17.3 Å². The van der Waals surface area contributed by atoms with Crippen LogP contribution in [0.1, 0.15) is 25.7 Å². The molecule has 6 heteroatoms. The maximum atomic E-state index is 11.8. The average molecular weight is 277 g/mol. The van der Waals surface area contributed by atoms with E-state index in [1.54, 1.807) is 12.1 Å². The fourth-order valence-corrected chi connectivity index (χ4v) is 2.33. The van der Waals surface area contributed by atoms with Crippen molar-refractivity contribution in [2.24, 2.45) is 0 Å². The predicted molar refractivity (Wildman–Crippen MR) is 76.6 cm³/mol. The van der Waals surface area contributed by atoms with Crippen molar-refractivity contribution in [2.75, 3.05) is 25.0 Å². The molecule has 0 bridgehead atoms. The van der Waals surface area contributed by atoms with Crippen LogP contribution in [0.3, 0.4) is 0 Å². The number of nitrogens with one attached hydrogen (secondary N) is 1. The lowest BCUT2D eigenvalue weighted by atomic mass is 10.1. The van der Waals surface area contributed by atoms with E-state index in [2.05, 4.69) is 10.2 Å². The molecule has 1 amide bonds. The lowest BCUT2D eigenvalue weighted by Gasteiger charge is -2.25. The van der Waals surface area contributed by atoms with Gasteiger partial charge in [0, 0.05) is 30.8 Å². The normalized spacial score (nSPS) is 15.8. The molecular weight excluding hydrogens is 258 g/mol. The van der Waals surface area contributed by atoms with Crippen molar-refractivity contribution in [3.8, 4) is 0 Å². The van der Waals surface area contributed by atoms with Gasteiger partial charge >= 0.3 is 0 Å². The Balaban J connectivity index is 1.77. The van der Waals surface area contributed by atoms with Crippen LogP contribution in [-0.2, 0) is 4.79 Å². The summed E-state index contributed by atoms with van der Waals surface area (Å²) in [4.78, 5) is 24.2. The Morgan fingerprint density at radius 3 is 2.45 bits per heavy atom. The average Bonchev–Trinajstić information content (AvgIpc) is 2.47. The molecule has 0 radical (unpaired) electrons. The number of hydrogen-bond donors (Lipinski definition) is 1. The molecule has 1 heterocycles. The highest BCUT2D eigenvalue weighted by atomic mass is 16.6. The van der Waals surface area contributed by atoms with Crippen LogP contribution < -0.4 is 5.32 Å². The van der Waals surface area contributed by atoms with Gasteiger partial charge in [0.25, 0.3) is 5.69 Å². The molecule has 1 fully saturated rings. The zero-order valence-electron chi connectivity index (χ0n) is 11.4. The number of rotatable bonds is 5. The monoisotopic (exact) mass is 277 g/mol. The van der Waals surface area contributed by atoms with Crippen molar-refractivity contribution in [2.45, 2.75) is 25.7 Å². The molecule has 0 atom stereocenters. The summed E-state index contributed by atoms with van der Waals surface area (Å²) in [5.41, 5.74) is 0.621. The number of likely N-dealkylation sites (tertiary alicyclic amines) is 1. The summed E-state index contributed by atoms with van der Waals surface area (Å²) < 4.78 is 0. The van der Waals surface area contributed by atoms with Crippen LogP contribution in [0.15, 0.2) is 24.3 Å². The zero-order valence-corrected chi connectivity index (χ0v) is 11.4. The van der Waals surface area contributed by atoms with E-state index in [9.17, 15) is 14.9 Å². The summed E-state index contributed by atoms with van der Waals surface area (Å²) in [6, 6.07) is 5.88. The van der Waals surface area contributed by atoms with E-state index >= 15 is 0 Å². The molecule has 108 valence electrons. The van der Waals surface area contributed by atoms with Crippen molar-refractivity contribution in [3.05, 3.63) is 34.4 Å². The van der Waals surface area contributed by atoms with Gasteiger partial charge in [0.1, 0.15) is 0 Å². The number of nitrogens with zero attached hydrogens (tertiary/aromatic N) is 2. The highest BCUT2D eigenvalue weighted by Crippen LogP contribution is 2.15. The summed E-state index contributed by atoms with van der Waals surface area (Å²) in [6.07, 6.45) is 4.16. The van der Waals surface area contributed by atoms with Gasteiger partial charge in [0.2, 0.25) is 5.91 Å².